The van der Waals surface area contributed by atoms with Crippen molar-refractivity contribution in [2.75, 3.05) is 0 Å². The Morgan fingerprint density at radius 1 is 0.667 bits per heavy atom. The standard InChI is InChI=1S/C12H20/c1-2-9-4-5-10-6-7-12(10)11(3-1)8-9/h9-12H,1-8H2. The third kappa shape index (κ3) is 1.03. The quantitative estimate of drug-likeness (QED) is 0.513. The first-order valence-corrected chi connectivity index (χ1v) is 5.93. The van der Waals surface area contributed by atoms with Crippen LogP contribution in [0.15, 0.2) is 0 Å². The average molecular weight is 164 g/mol. The molecule has 0 heterocycles. The van der Waals surface area contributed by atoms with Gasteiger partial charge < -0.3 is 0 Å². The van der Waals surface area contributed by atoms with Gasteiger partial charge in [-0.25, -0.2) is 0 Å². The molecule has 3 aliphatic carbocycles. The maximum absolute atomic E-state index is 1.61. The van der Waals surface area contributed by atoms with E-state index in [4.69, 9.17) is 0 Å². The van der Waals surface area contributed by atoms with E-state index in [-0.39, 0.29) is 0 Å². The summed E-state index contributed by atoms with van der Waals surface area (Å²) in [5.74, 6) is 4.69. The second-order valence-electron chi connectivity index (χ2n) is 5.37. The van der Waals surface area contributed by atoms with Crippen LogP contribution in [0.4, 0.5) is 0 Å². The summed E-state index contributed by atoms with van der Waals surface area (Å²) in [7, 11) is 0. The van der Waals surface area contributed by atoms with E-state index in [1.807, 2.05) is 0 Å². The number of fused-ring (bicyclic) bond motifs is 4. The van der Waals surface area contributed by atoms with Crippen molar-refractivity contribution in [2.45, 2.75) is 51.4 Å². The minimum absolute atomic E-state index is 1.15. The van der Waals surface area contributed by atoms with Gasteiger partial charge in [0.2, 0.25) is 0 Å². The molecule has 3 aliphatic rings. The summed E-state index contributed by atoms with van der Waals surface area (Å²) in [4.78, 5) is 0. The molecule has 0 spiro atoms. The molecule has 68 valence electrons. The lowest BCUT2D eigenvalue weighted by Crippen LogP contribution is -2.32. The first-order chi connectivity index (χ1) is 5.93. The summed E-state index contributed by atoms with van der Waals surface area (Å²) in [5.41, 5.74) is 0. The minimum Gasteiger partial charge on any atom is -0.0528 e. The van der Waals surface area contributed by atoms with Crippen LogP contribution in [0.3, 0.4) is 0 Å². The summed E-state index contributed by atoms with van der Waals surface area (Å²) in [6, 6.07) is 0. The third-order valence-corrected chi connectivity index (χ3v) is 4.85. The van der Waals surface area contributed by atoms with Crippen LogP contribution < -0.4 is 0 Å². The highest BCUT2D eigenvalue weighted by molar-refractivity contribution is 4.92. The highest BCUT2D eigenvalue weighted by Crippen LogP contribution is 2.52. The van der Waals surface area contributed by atoms with Crippen molar-refractivity contribution in [1.82, 2.24) is 0 Å². The van der Waals surface area contributed by atoms with Crippen LogP contribution in [0.5, 0.6) is 0 Å². The Morgan fingerprint density at radius 3 is 2.42 bits per heavy atom. The van der Waals surface area contributed by atoms with E-state index in [1.165, 1.54) is 17.8 Å². The molecule has 3 rings (SSSR count). The van der Waals surface area contributed by atoms with E-state index < -0.39 is 0 Å². The molecular formula is C12H20. The van der Waals surface area contributed by atoms with E-state index in [1.54, 1.807) is 51.4 Å². The van der Waals surface area contributed by atoms with Crippen LogP contribution >= 0.6 is 0 Å². The van der Waals surface area contributed by atoms with Crippen LogP contribution in [-0.2, 0) is 0 Å². The highest BCUT2D eigenvalue weighted by Gasteiger charge is 2.41. The Kier molecular flexibility index (Phi) is 1.70. The smallest absolute Gasteiger partial charge is 0.0357 e. The molecule has 0 radical (unpaired) electrons. The van der Waals surface area contributed by atoms with Gasteiger partial charge in [0.15, 0.2) is 0 Å². The normalized spacial score (nSPS) is 52.0. The Bertz CT molecular complexity index is 171. The zero-order valence-electron chi connectivity index (χ0n) is 7.97. The molecule has 0 nitrogen and oxygen atoms in total. The van der Waals surface area contributed by atoms with Gasteiger partial charge in [-0.05, 0) is 49.4 Å². The zero-order valence-corrected chi connectivity index (χ0v) is 7.97. The van der Waals surface area contributed by atoms with Crippen LogP contribution in [0.1, 0.15) is 51.4 Å². The number of hydrogen-bond acceptors (Lipinski definition) is 0. The van der Waals surface area contributed by atoms with Gasteiger partial charge in [0, 0.05) is 0 Å². The lowest BCUT2D eigenvalue weighted by Gasteiger charge is -2.41. The van der Waals surface area contributed by atoms with Crippen molar-refractivity contribution in [3.8, 4) is 0 Å². The molecule has 0 aromatic heterocycles. The molecule has 3 fully saturated rings. The van der Waals surface area contributed by atoms with E-state index in [9.17, 15) is 0 Å². The van der Waals surface area contributed by atoms with Gasteiger partial charge in [-0.3, -0.25) is 0 Å². The van der Waals surface area contributed by atoms with Crippen molar-refractivity contribution >= 4 is 0 Å². The van der Waals surface area contributed by atoms with E-state index in [0.717, 1.165) is 5.92 Å². The fourth-order valence-electron chi connectivity index (χ4n) is 4.01. The first-order valence-electron chi connectivity index (χ1n) is 5.93. The summed E-state index contributed by atoms with van der Waals surface area (Å²) < 4.78 is 0. The third-order valence-electron chi connectivity index (χ3n) is 4.85. The molecule has 2 bridgehead atoms. The molecule has 12 heavy (non-hydrogen) atoms. The molecule has 0 aromatic rings. The zero-order chi connectivity index (χ0) is 7.97. The van der Waals surface area contributed by atoms with Gasteiger partial charge in [0.05, 0.1) is 0 Å². The maximum Gasteiger partial charge on any atom is -0.0357 e. The molecule has 0 aliphatic heterocycles. The summed E-state index contributed by atoms with van der Waals surface area (Å²) in [6.07, 6.45) is 12.6. The summed E-state index contributed by atoms with van der Waals surface area (Å²) >= 11 is 0. The van der Waals surface area contributed by atoms with Gasteiger partial charge >= 0.3 is 0 Å². The topological polar surface area (TPSA) is 0 Å². The van der Waals surface area contributed by atoms with Gasteiger partial charge in [0.1, 0.15) is 0 Å². The molecule has 0 saturated heterocycles. The predicted octanol–water partition coefficient (Wildman–Crippen LogP) is 3.61. The van der Waals surface area contributed by atoms with E-state index in [2.05, 4.69) is 0 Å². The van der Waals surface area contributed by atoms with Crippen molar-refractivity contribution in [1.29, 1.82) is 0 Å². The molecular weight excluding hydrogens is 144 g/mol. The lowest BCUT2D eigenvalue weighted by atomic mass is 9.64. The monoisotopic (exact) mass is 164 g/mol. The number of rotatable bonds is 0. The maximum atomic E-state index is 1.61. The van der Waals surface area contributed by atoms with E-state index in [0.29, 0.717) is 0 Å². The minimum atomic E-state index is 1.15. The molecule has 4 unspecified atom stereocenters. The van der Waals surface area contributed by atoms with Crippen molar-refractivity contribution < 1.29 is 0 Å². The molecule has 0 heteroatoms. The lowest BCUT2D eigenvalue weighted by molar-refractivity contribution is 0.0900. The first kappa shape index (κ1) is 7.41. The molecule has 4 atom stereocenters. The van der Waals surface area contributed by atoms with Crippen LogP contribution in [0, 0.1) is 23.7 Å². The van der Waals surface area contributed by atoms with E-state index >= 15 is 0 Å². The Balaban J connectivity index is 1.78. The fourth-order valence-corrected chi connectivity index (χ4v) is 4.01. The SMILES string of the molecule is C1CC2CCC3CCC3C(C1)C2. The van der Waals surface area contributed by atoms with Crippen molar-refractivity contribution in [2.24, 2.45) is 23.7 Å². The number of hydrogen-bond donors (Lipinski definition) is 0. The Hall–Kier alpha value is 0. The Morgan fingerprint density at radius 2 is 1.58 bits per heavy atom. The van der Waals surface area contributed by atoms with Gasteiger partial charge in [0.25, 0.3) is 0 Å². The van der Waals surface area contributed by atoms with Crippen LogP contribution in [0.2, 0.25) is 0 Å². The van der Waals surface area contributed by atoms with Gasteiger partial charge in [-0.15, -0.1) is 0 Å². The molecule has 0 N–H and O–H groups in total. The van der Waals surface area contributed by atoms with Crippen molar-refractivity contribution in [3.63, 3.8) is 0 Å². The van der Waals surface area contributed by atoms with Crippen molar-refractivity contribution in [3.05, 3.63) is 0 Å². The second-order valence-corrected chi connectivity index (χ2v) is 5.37. The summed E-state index contributed by atoms with van der Waals surface area (Å²) in [5, 5.41) is 0. The average Bonchev–Trinajstić information content (AvgIpc) is 2.09. The van der Waals surface area contributed by atoms with Gasteiger partial charge in [-0.2, -0.15) is 0 Å². The van der Waals surface area contributed by atoms with Gasteiger partial charge in [-0.1, -0.05) is 25.7 Å². The summed E-state index contributed by atoms with van der Waals surface area (Å²) in [6.45, 7) is 0. The van der Waals surface area contributed by atoms with Crippen LogP contribution in [0.25, 0.3) is 0 Å². The molecule has 3 saturated carbocycles. The predicted molar refractivity (Wildman–Crippen MR) is 50.9 cm³/mol. The highest BCUT2D eigenvalue weighted by atomic mass is 14.5. The second kappa shape index (κ2) is 2.75. The fraction of sp³-hybridized carbons (Fsp3) is 1.00. The largest absolute Gasteiger partial charge is 0.0528 e. The molecule has 0 amide bonds. The Labute approximate surface area is 75.7 Å². The van der Waals surface area contributed by atoms with Crippen LogP contribution in [-0.4, -0.2) is 0 Å². The molecule has 0 aromatic carbocycles.